The molecule has 0 amide bonds. The summed E-state index contributed by atoms with van der Waals surface area (Å²) >= 11 is 0. The zero-order valence-electron chi connectivity index (χ0n) is 8.40. The van der Waals surface area contributed by atoms with Crippen LogP contribution in [0.15, 0.2) is 23.0 Å². The van der Waals surface area contributed by atoms with Crippen molar-refractivity contribution in [2.75, 3.05) is 6.61 Å². The minimum Gasteiger partial charge on any atom is -0.472 e. The Morgan fingerprint density at radius 3 is 2.93 bits per heavy atom. The average Bonchev–Trinajstić information content (AvgIpc) is 2.70. The molecule has 1 N–H and O–H groups in total. The van der Waals surface area contributed by atoms with E-state index in [1.165, 1.54) is 0 Å². The SMILES string of the molecule is CC1(C(O)c2ccoc2)CCCCO1. The van der Waals surface area contributed by atoms with Crippen LogP contribution < -0.4 is 0 Å². The maximum absolute atomic E-state index is 10.1. The largest absolute Gasteiger partial charge is 0.472 e. The molecule has 2 unspecified atom stereocenters. The van der Waals surface area contributed by atoms with Crippen LogP contribution >= 0.6 is 0 Å². The minimum absolute atomic E-state index is 0.442. The zero-order chi connectivity index (χ0) is 10.0. The maximum Gasteiger partial charge on any atom is 0.111 e. The lowest BCUT2D eigenvalue weighted by molar-refractivity contribution is -0.138. The Labute approximate surface area is 83.7 Å². The van der Waals surface area contributed by atoms with Crippen molar-refractivity contribution in [2.45, 2.75) is 37.9 Å². The molecule has 0 saturated carbocycles. The van der Waals surface area contributed by atoms with Crippen molar-refractivity contribution in [1.29, 1.82) is 0 Å². The number of hydrogen-bond donors (Lipinski definition) is 1. The van der Waals surface area contributed by atoms with Crippen LogP contribution in [-0.2, 0) is 4.74 Å². The Balaban J connectivity index is 2.13. The van der Waals surface area contributed by atoms with E-state index < -0.39 is 11.7 Å². The summed E-state index contributed by atoms with van der Waals surface area (Å²) in [6.45, 7) is 2.70. The maximum atomic E-state index is 10.1. The topological polar surface area (TPSA) is 42.6 Å². The molecule has 0 bridgehead atoms. The molecule has 78 valence electrons. The van der Waals surface area contributed by atoms with Crippen molar-refractivity contribution >= 4 is 0 Å². The second kappa shape index (κ2) is 3.75. The second-order valence-electron chi connectivity index (χ2n) is 4.08. The van der Waals surface area contributed by atoms with Crippen LogP contribution in [-0.4, -0.2) is 17.3 Å². The van der Waals surface area contributed by atoms with Crippen molar-refractivity contribution in [3.8, 4) is 0 Å². The predicted octanol–water partition coefficient (Wildman–Crippen LogP) is 2.27. The molecule has 0 radical (unpaired) electrons. The highest BCUT2D eigenvalue weighted by atomic mass is 16.5. The molecule has 1 aromatic heterocycles. The van der Waals surface area contributed by atoms with E-state index >= 15 is 0 Å². The Morgan fingerprint density at radius 1 is 1.50 bits per heavy atom. The van der Waals surface area contributed by atoms with Crippen LogP contribution in [0.5, 0.6) is 0 Å². The van der Waals surface area contributed by atoms with Crippen molar-refractivity contribution in [1.82, 2.24) is 0 Å². The third-order valence-corrected chi connectivity index (χ3v) is 2.94. The first kappa shape index (κ1) is 9.74. The number of hydrogen-bond acceptors (Lipinski definition) is 3. The average molecular weight is 196 g/mol. The third kappa shape index (κ3) is 1.70. The van der Waals surface area contributed by atoms with Crippen LogP contribution in [0.25, 0.3) is 0 Å². The van der Waals surface area contributed by atoms with E-state index in [1.54, 1.807) is 18.6 Å². The highest BCUT2D eigenvalue weighted by molar-refractivity contribution is 5.13. The van der Waals surface area contributed by atoms with Crippen molar-refractivity contribution < 1.29 is 14.3 Å². The Morgan fingerprint density at radius 2 is 2.36 bits per heavy atom. The van der Waals surface area contributed by atoms with Gasteiger partial charge in [-0.15, -0.1) is 0 Å². The van der Waals surface area contributed by atoms with Gasteiger partial charge in [0, 0.05) is 12.2 Å². The van der Waals surface area contributed by atoms with E-state index in [-0.39, 0.29) is 0 Å². The number of aliphatic hydroxyl groups is 1. The van der Waals surface area contributed by atoms with Gasteiger partial charge in [0.05, 0.1) is 18.1 Å². The van der Waals surface area contributed by atoms with Gasteiger partial charge in [0.25, 0.3) is 0 Å². The lowest BCUT2D eigenvalue weighted by atomic mass is 9.87. The summed E-state index contributed by atoms with van der Waals surface area (Å²) < 4.78 is 10.6. The molecule has 0 aliphatic carbocycles. The summed E-state index contributed by atoms with van der Waals surface area (Å²) in [4.78, 5) is 0. The number of aliphatic hydroxyl groups excluding tert-OH is 1. The lowest BCUT2D eigenvalue weighted by Crippen LogP contribution is -2.39. The monoisotopic (exact) mass is 196 g/mol. The van der Waals surface area contributed by atoms with Crippen LogP contribution in [0.1, 0.15) is 37.9 Å². The molecule has 1 aliphatic rings. The molecule has 3 heteroatoms. The molecule has 1 aliphatic heterocycles. The standard InChI is InChI=1S/C11H16O3/c1-11(5-2-3-6-14-11)10(12)9-4-7-13-8-9/h4,7-8,10,12H,2-3,5-6H2,1H3. The van der Waals surface area contributed by atoms with E-state index in [1.807, 2.05) is 6.92 Å². The number of furan rings is 1. The van der Waals surface area contributed by atoms with E-state index in [0.29, 0.717) is 0 Å². The zero-order valence-corrected chi connectivity index (χ0v) is 8.40. The fourth-order valence-electron chi connectivity index (χ4n) is 1.95. The Bertz CT molecular complexity index is 273. The van der Waals surface area contributed by atoms with Crippen LogP contribution in [0, 0.1) is 0 Å². The van der Waals surface area contributed by atoms with Gasteiger partial charge >= 0.3 is 0 Å². The van der Waals surface area contributed by atoms with E-state index in [9.17, 15) is 5.11 Å². The van der Waals surface area contributed by atoms with Gasteiger partial charge in [-0.1, -0.05) is 0 Å². The fourth-order valence-corrected chi connectivity index (χ4v) is 1.95. The molecular formula is C11H16O3. The van der Waals surface area contributed by atoms with E-state index in [0.717, 1.165) is 31.4 Å². The molecular weight excluding hydrogens is 180 g/mol. The first-order valence-corrected chi connectivity index (χ1v) is 5.06. The fraction of sp³-hybridized carbons (Fsp3) is 0.636. The van der Waals surface area contributed by atoms with Gasteiger partial charge in [0.15, 0.2) is 0 Å². The van der Waals surface area contributed by atoms with Gasteiger partial charge in [-0.3, -0.25) is 0 Å². The molecule has 1 aromatic rings. The Kier molecular flexibility index (Phi) is 2.61. The quantitative estimate of drug-likeness (QED) is 0.789. The van der Waals surface area contributed by atoms with Crippen molar-refractivity contribution in [3.05, 3.63) is 24.2 Å². The number of ether oxygens (including phenoxy) is 1. The number of rotatable bonds is 2. The summed E-state index contributed by atoms with van der Waals surface area (Å²) in [5, 5.41) is 10.1. The van der Waals surface area contributed by atoms with Crippen molar-refractivity contribution in [3.63, 3.8) is 0 Å². The normalized spacial score (nSPS) is 30.1. The highest BCUT2D eigenvalue weighted by Gasteiger charge is 2.37. The molecule has 0 aromatic carbocycles. The summed E-state index contributed by atoms with van der Waals surface area (Å²) in [6, 6.07) is 1.79. The first-order chi connectivity index (χ1) is 6.72. The van der Waals surface area contributed by atoms with Gasteiger partial charge in [-0.25, -0.2) is 0 Å². The van der Waals surface area contributed by atoms with Gasteiger partial charge in [-0.2, -0.15) is 0 Å². The first-order valence-electron chi connectivity index (χ1n) is 5.06. The highest BCUT2D eigenvalue weighted by Crippen LogP contribution is 2.36. The molecule has 2 atom stereocenters. The van der Waals surface area contributed by atoms with Crippen molar-refractivity contribution in [2.24, 2.45) is 0 Å². The molecule has 2 heterocycles. The minimum atomic E-state index is -0.582. The van der Waals surface area contributed by atoms with Gasteiger partial charge in [-0.05, 0) is 32.3 Å². The van der Waals surface area contributed by atoms with Gasteiger partial charge in [0.1, 0.15) is 6.10 Å². The lowest BCUT2D eigenvalue weighted by Gasteiger charge is -2.37. The Hall–Kier alpha value is -0.800. The van der Waals surface area contributed by atoms with E-state index in [4.69, 9.17) is 9.15 Å². The second-order valence-corrected chi connectivity index (χ2v) is 4.08. The van der Waals surface area contributed by atoms with Gasteiger partial charge < -0.3 is 14.3 Å². The summed E-state index contributed by atoms with van der Waals surface area (Å²) in [7, 11) is 0. The molecule has 1 fully saturated rings. The summed E-state index contributed by atoms with van der Waals surface area (Å²) in [5.41, 5.74) is 0.358. The summed E-state index contributed by atoms with van der Waals surface area (Å²) in [5.74, 6) is 0. The predicted molar refractivity (Wildman–Crippen MR) is 51.9 cm³/mol. The summed E-state index contributed by atoms with van der Waals surface area (Å²) in [6.07, 6.45) is 5.68. The van der Waals surface area contributed by atoms with Gasteiger partial charge in [0.2, 0.25) is 0 Å². The van der Waals surface area contributed by atoms with E-state index in [2.05, 4.69) is 0 Å². The third-order valence-electron chi connectivity index (χ3n) is 2.94. The molecule has 2 rings (SSSR count). The van der Waals surface area contributed by atoms with Crippen LogP contribution in [0.2, 0.25) is 0 Å². The van der Waals surface area contributed by atoms with Crippen LogP contribution in [0.4, 0.5) is 0 Å². The smallest absolute Gasteiger partial charge is 0.111 e. The molecule has 1 saturated heterocycles. The molecule has 3 nitrogen and oxygen atoms in total. The molecule has 14 heavy (non-hydrogen) atoms. The van der Waals surface area contributed by atoms with Crippen LogP contribution in [0.3, 0.4) is 0 Å². The molecule has 0 spiro atoms.